The summed E-state index contributed by atoms with van der Waals surface area (Å²) in [7, 11) is -3.52. The summed E-state index contributed by atoms with van der Waals surface area (Å²) in [6, 6.07) is 13.1. The Hall–Kier alpha value is -2.42. The summed E-state index contributed by atoms with van der Waals surface area (Å²) in [5.41, 5.74) is 2.10. The number of sulfonamides is 1. The molecule has 0 unspecified atom stereocenters. The Morgan fingerprint density at radius 2 is 1.65 bits per heavy atom. The van der Waals surface area contributed by atoms with Crippen molar-refractivity contribution < 1.29 is 18.0 Å². The third-order valence-electron chi connectivity index (χ3n) is 5.07. The van der Waals surface area contributed by atoms with Crippen LogP contribution in [0.5, 0.6) is 0 Å². The molecule has 2 amide bonds. The monoisotopic (exact) mass is 463 g/mol. The number of halogens is 1. The number of hydrogen-bond donors (Lipinski definition) is 2. The van der Waals surface area contributed by atoms with E-state index in [0.29, 0.717) is 22.7 Å². The lowest BCUT2D eigenvalue weighted by molar-refractivity contribution is -0.129. The van der Waals surface area contributed by atoms with E-state index in [1.807, 2.05) is 17.0 Å². The largest absolute Gasteiger partial charge is 0.342 e. The van der Waals surface area contributed by atoms with E-state index < -0.39 is 16.1 Å². The third kappa shape index (κ3) is 7.34. The number of benzene rings is 2. The van der Waals surface area contributed by atoms with E-state index in [2.05, 4.69) is 10.0 Å². The zero-order valence-corrected chi connectivity index (χ0v) is 18.9. The number of carbonyl (C=O) groups is 2. The first-order valence-electron chi connectivity index (χ1n) is 10.1. The van der Waals surface area contributed by atoms with Gasteiger partial charge in [0.25, 0.3) is 0 Å². The summed E-state index contributed by atoms with van der Waals surface area (Å²) in [4.78, 5) is 26.7. The lowest BCUT2D eigenvalue weighted by atomic mass is 10.0. The van der Waals surface area contributed by atoms with Crippen LogP contribution in [0.3, 0.4) is 0 Å². The maximum atomic E-state index is 12.6. The van der Waals surface area contributed by atoms with Crippen LogP contribution >= 0.6 is 11.6 Å². The van der Waals surface area contributed by atoms with E-state index in [-0.39, 0.29) is 18.2 Å². The van der Waals surface area contributed by atoms with Crippen molar-refractivity contribution in [1.29, 1.82) is 0 Å². The topological polar surface area (TPSA) is 95.6 Å². The second-order valence-electron chi connectivity index (χ2n) is 7.71. The van der Waals surface area contributed by atoms with Crippen molar-refractivity contribution >= 4 is 39.1 Å². The van der Waals surface area contributed by atoms with Crippen molar-refractivity contribution in [3.05, 3.63) is 64.7 Å². The van der Waals surface area contributed by atoms with Crippen LogP contribution in [0.4, 0.5) is 5.69 Å². The summed E-state index contributed by atoms with van der Waals surface area (Å²) >= 11 is 5.90. The molecule has 3 rings (SSSR count). The molecule has 0 radical (unpaired) electrons. The van der Waals surface area contributed by atoms with Gasteiger partial charge in [-0.3, -0.25) is 9.59 Å². The van der Waals surface area contributed by atoms with Gasteiger partial charge in [0.2, 0.25) is 21.8 Å². The first-order chi connectivity index (χ1) is 14.7. The highest BCUT2D eigenvalue weighted by Gasteiger charge is 2.20. The molecule has 0 aliphatic carbocycles. The molecule has 1 saturated heterocycles. The van der Waals surface area contributed by atoms with Gasteiger partial charge in [-0.05, 0) is 48.2 Å². The van der Waals surface area contributed by atoms with E-state index in [9.17, 15) is 18.0 Å². The first kappa shape index (κ1) is 23.2. The van der Waals surface area contributed by atoms with Gasteiger partial charge in [-0.1, -0.05) is 35.9 Å². The van der Waals surface area contributed by atoms with Crippen molar-refractivity contribution in [1.82, 2.24) is 9.62 Å². The van der Waals surface area contributed by atoms with Gasteiger partial charge >= 0.3 is 0 Å². The van der Waals surface area contributed by atoms with Crippen LogP contribution in [0.1, 0.15) is 36.4 Å². The van der Waals surface area contributed by atoms with Crippen molar-refractivity contribution in [2.45, 2.75) is 31.7 Å². The van der Waals surface area contributed by atoms with Gasteiger partial charge in [0.05, 0.1) is 18.7 Å². The smallest absolute Gasteiger partial charge is 0.226 e. The fourth-order valence-electron chi connectivity index (χ4n) is 3.54. The van der Waals surface area contributed by atoms with E-state index in [4.69, 9.17) is 11.6 Å². The highest BCUT2D eigenvalue weighted by molar-refractivity contribution is 7.88. The van der Waals surface area contributed by atoms with Crippen molar-refractivity contribution in [3.63, 3.8) is 0 Å². The molecule has 1 heterocycles. The van der Waals surface area contributed by atoms with Crippen molar-refractivity contribution in [2.24, 2.45) is 0 Å². The fourth-order valence-corrected chi connectivity index (χ4v) is 4.40. The van der Waals surface area contributed by atoms with Gasteiger partial charge in [-0.15, -0.1) is 0 Å². The van der Waals surface area contributed by atoms with Gasteiger partial charge in [-0.2, -0.15) is 0 Å². The number of amides is 2. The van der Waals surface area contributed by atoms with E-state index in [1.165, 1.54) is 0 Å². The molecule has 7 nitrogen and oxygen atoms in total. The highest BCUT2D eigenvalue weighted by Crippen LogP contribution is 2.21. The number of nitrogens with zero attached hydrogens (tertiary/aromatic N) is 1. The zero-order valence-electron chi connectivity index (χ0n) is 17.3. The summed E-state index contributed by atoms with van der Waals surface area (Å²) in [5.74, 6) is -0.219. The molecule has 2 aromatic rings. The maximum Gasteiger partial charge on any atom is 0.226 e. The van der Waals surface area contributed by atoms with Crippen molar-refractivity contribution in [2.75, 3.05) is 24.7 Å². The van der Waals surface area contributed by atoms with E-state index in [1.54, 1.807) is 36.4 Å². The number of carbonyl (C=O) groups excluding carboxylic acids is 2. The van der Waals surface area contributed by atoms with E-state index >= 15 is 0 Å². The Kier molecular flexibility index (Phi) is 7.69. The molecule has 0 saturated carbocycles. The minimum Gasteiger partial charge on any atom is -0.342 e. The molecule has 1 aliphatic heterocycles. The molecule has 2 aromatic carbocycles. The third-order valence-corrected chi connectivity index (χ3v) is 6.03. The molecule has 1 atom stereocenters. The second-order valence-corrected chi connectivity index (χ2v) is 9.92. The van der Waals surface area contributed by atoms with Crippen LogP contribution in [0, 0.1) is 0 Å². The Morgan fingerprint density at radius 1 is 1.03 bits per heavy atom. The van der Waals surface area contributed by atoms with Crippen LogP contribution in [-0.2, 0) is 26.0 Å². The van der Waals surface area contributed by atoms with Crippen LogP contribution in [0.2, 0.25) is 5.02 Å². The van der Waals surface area contributed by atoms with Gasteiger partial charge in [0, 0.05) is 30.2 Å². The van der Waals surface area contributed by atoms with Crippen molar-refractivity contribution in [3.8, 4) is 0 Å². The Bertz CT molecular complexity index is 1020. The molecule has 2 N–H and O–H groups in total. The molecule has 1 aliphatic rings. The minimum atomic E-state index is -3.52. The van der Waals surface area contributed by atoms with Gasteiger partial charge in [0.15, 0.2) is 0 Å². The zero-order chi connectivity index (χ0) is 22.4. The number of likely N-dealkylation sites (tertiary alicyclic amines) is 1. The van der Waals surface area contributed by atoms with E-state index in [0.717, 1.165) is 37.8 Å². The van der Waals surface area contributed by atoms with Crippen LogP contribution in [0.15, 0.2) is 48.5 Å². The normalized spacial score (nSPS) is 15.0. The second kappa shape index (κ2) is 10.3. The molecular weight excluding hydrogens is 438 g/mol. The fraction of sp³-hybridized carbons (Fsp3) is 0.364. The molecule has 0 bridgehead atoms. The molecule has 0 spiro atoms. The molecular formula is C22H26ClN3O4S. The average Bonchev–Trinajstić information content (AvgIpc) is 3.23. The standard InChI is InChI=1S/C22H26ClN3O4S/c1-31(29,30)25-20(17-6-8-18(23)9-7-17)15-21(27)24-19-10-4-16(5-11-19)14-22(28)26-12-2-3-13-26/h4-11,20,25H,2-3,12-15H2,1H3,(H,24,27)/t20-/m1/s1. The average molecular weight is 464 g/mol. The predicted molar refractivity (Wildman–Crippen MR) is 121 cm³/mol. The van der Waals surface area contributed by atoms with Gasteiger partial charge < -0.3 is 10.2 Å². The Morgan fingerprint density at radius 3 is 2.23 bits per heavy atom. The quantitative estimate of drug-likeness (QED) is 0.628. The summed E-state index contributed by atoms with van der Waals surface area (Å²) in [6.45, 7) is 1.65. The lowest BCUT2D eigenvalue weighted by Crippen LogP contribution is -2.30. The SMILES string of the molecule is CS(=O)(=O)N[C@H](CC(=O)Nc1ccc(CC(=O)N2CCCC2)cc1)c1ccc(Cl)cc1. The number of rotatable bonds is 8. The number of nitrogens with one attached hydrogen (secondary N) is 2. The maximum absolute atomic E-state index is 12.6. The first-order valence-corrected chi connectivity index (χ1v) is 12.4. The Labute approximate surface area is 187 Å². The molecule has 0 aromatic heterocycles. The number of hydrogen-bond acceptors (Lipinski definition) is 4. The summed E-state index contributed by atoms with van der Waals surface area (Å²) in [5, 5.41) is 3.30. The van der Waals surface area contributed by atoms with Gasteiger partial charge in [0.1, 0.15) is 0 Å². The predicted octanol–water partition coefficient (Wildman–Crippen LogP) is 3.12. The number of anilines is 1. The minimum absolute atomic E-state index is 0.0795. The van der Waals surface area contributed by atoms with Crippen LogP contribution < -0.4 is 10.0 Å². The summed E-state index contributed by atoms with van der Waals surface area (Å²) in [6.07, 6.45) is 3.43. The molecule has 166 valence electrons. The lowest BCUT2D eigenvalue weighted by Gasteiger charge is -2.18. The van der Waals surface area contributed by atoms with Crippen LogP contribution in [0.25, 0.3) is 0 Å². The van der Waals surface area contributed by atoms with Crippen LogP contribution in [-0.4, -0.2) is 44.5 Å². The highest BCUT2D eigenvalue weighted by atomic mass is 35.5. The summed E-state index contributed by atoms with van der Waals surface area (Å²) < 4.78 is 26.0. The molecule has 9 heteroatoms. The molecule has 31 heavy (non-hydrogen) atoms. The van der Waals surface area contributed by atoms with Gasteiger partial charge in [-0.25, -0.2) is 13.1 Å². The molecule has 1 fully saturated rings. The Balaban J connectivity index is 1.60.